The highest BCUT2D eigenvalue weighted by Gasteiger charge is 2.50. The lowest BCUT2D eigenvalue weighted by Crippen LogP contribution is -2.61. The van der Waals surface area contributed by atoms with E-state index in [0.717, 1.165) is 61.8 Å². The van der Waals surface area contributed by atoms with Crippen LogP contribution in [0.5, 0.6) is 0 Å². The van der Waals surface area contributed by atoms with Crippen molar-refractivity contribution in [3.05, 3.63) is 76.4 Å². The fraction of sp³-hybridized carbons (Fsp3) is 0.529. The summed E-state index contributed by atoms with van der Waals surface area (Å²) in [6, 6.07) is 5.33. The zero-order chi connectivity index (χ0) is 53.0. The summed E-state index contributed by atoms with van der Waals surface area (Å²) in [6.07, 6.45) is 9.82. The lowest BCUT2D eigenvalue weighted by atomic mass is 10.0. The van der Waals surface area contributed by atoms with Crippen LogP contribution in [0.2, 0.25) is 0 Å². The number of likely N-dealkylation sites (N-methyl/N-ethyl adjacent to an activating group) is 1. The molecule has 6 rings (SSSR count). The Morgan fingerprint density at radius 1 is 0.959 bits per heavy atom. The van der Waals surface area contributed by atoms with Crippen LogP contribution in [-0.4, -0.2) is 129 Å². The fourth-order valence-corrected chi connectivity index (χ4v) is 10.2. The van der Waals surface area contributed by atoms with Crippen LogP contribution in [-0.2, 0) is 50.3 Å². The summed E-state index contributed by atoms with van der Waals surface area (Å²) in [4.78, 5) is 127. The van der Waals surface area contributed by atoms with E-state index in [4.69, 9.17) is 15.5 Å². The van der Waals surface area contributed by atoms with Crippen molar-refractivity contribution in [2.45, 2.75) is 146 Å². The summed E-state index contributed by atoms with van der Waals surface area (Å²) in [6.45, 7) is 2.80. The van der Waals surface area contributed by atoms with E-state index >= 15 is 0 Å². The van der Waals surface area contributed by atoms with Gasteiger partial charge in [0.05, 0.1) is 0 Å². The Morgan fingerprint density at radius 2 is 1.66 bits per heavy atom. The first-order valence-corrected chi connectivity index (χ1v) is 26.4. The number of alkyl halides is 2. The molecule has 73 heavy (non-hydrogen) atoms. The van der Waals surface area contributed by atoms with E-state index in [1.54, 1.807) is 19.2 Å². The number of fused-ring (bicyclic) bond motifs is 2. The smallest absolute Gasteiger partial charge is 0.370 e. The molecule has 2 aromatic carbocycles. The molecule has 0 spiro atoms. The molecule has 5 atom stereocenters. The van der Waals surface area contributed by atoms with Gasteiger partial charge in [-0.25, -0.2) is 0 Å². The normalized spacial score (nSPS) is 21.0. The Kier molecular flexibility index (Phi) is 19.2. The van der Waals surface area contributed by atoms with E-state index in [9.17, 15) is 51.7 Å². The minimum Gasteiger partial charge on any atom is -0.370 e. The third-order valence-electron chi connectivity index (χ3n) is 13.8. The minimum absolute atomic E-state index is 0.0538. The fourth-order valence-electron chi connectivity index (χ4n) is 9.73. The maximum absolute atomic E-state index is 14.2. The number of piperidine rings is 1. The molecule has 394 valence electrons. The average molecular weight is 1040 g/mol. The van der Waals surface area contributed by atoms with Gasteiger partial charge in [0.15, 0.2) is 0 Å². The lowest BCUT2D eigenvalue weighted by Gasteiger charge is -2.37. The summed E-state index contributed by atoms with van der Waals surface area (Å²) in [5, 5.41) is 10.7. The van der Waals surface area contributed by atoms with Crippen LogP contribution in [0.3, 0.4) is 0 Å². The molecule has 0 aliphatic carbocycles. The summed E-state index contributed by atoms with van der Waals surface area (Å²) in [7, 11) is -3.98. The first-order chi connectivity index (χ1) is 34.7. The molecule has 22 heteroatoms. The quantitative estimate of drug-likeness (QED) is 0.0312. The number of primary amides is 1. The van der Waals surface area contributed by atoms with Gasteiger partial charge in [0.25, 0.3) is 5.91 Å². The number of allylic oxidation sites excluding steroid dienone is 1. The van der Waals surface area contributed by atoms with E-state index in [2.05, 4.69) is 33.1 Å². The van der Waals surface area contributed by atoms with E-state index in [-0.39, 0.29) is 50.2 Å². The Balaban J connectivity index is 0.932. The maximum Gasteiger partial charge on any atom is 0.399 e. The Hall–Kier alpha value is -6.33. The van der Waals surface area contributed by atoms with Gasteiger partial charge in [0.2, 0.25) is 41.4 Å². The van der Waals surface area contributed by atoms with Gasteiger partial charge in [0.1, 0.15) is 24.2 Å². The van der Waals surface area contributed by atoms with Gasteiger partial charge in [0, 0.05) is 67.7 Å². The van der Waals surface area contributed by atoms with E-state index in [0.29, 0.717) is 68.3 Å². The molecule has 4 aliphatic rings. The zero-order valence-electron chi connectivity index (χ0n) is 41.1. The summed E-state index contributed by atoms with van der Waals surface area (Å²) in [5.41, 5.74) is 2.84. The molecular weight excluding hydrogens is 970 g/mol. The average Bonchev–Trinajstić information content (AvgIpc) is 3.92. The topological polar surface area (TPSA) is 278 Å². The van der Waals surface area contributed by atoms with Crippen LogP contribution < -0.4 is 27.0 Å². The van der Waals surface area contributed by atoms with Crippen LogP contribution in [0.15, 0.2) is 48.5 Å². The number of nitrogens with two attached hydrogens (primary N) is 1. The number of amides is 8. The third-order valence-corrected chi connectivity index (χ3v) is 14.8. The molecule has 8 N–H and O–H groups in total. The number of unbranched alkanes of at least 4 members (excludes halogenated alkanes) is 7. The number of rotatable bonds is 21. The number of hydrogen-bond acceptors (Lipinski definition) is 10. The van der Waals surface area contributed by atoms with Crippen molar-refractivity contribution in [1.82, 2.24) is 36.0 Å². The van der Waals surface area contributed by atoms with Gasteiger partial charge in [-0.1, -0.05) is 74.3 Å². The lowest BCUT2D eigenvalue weighted by molar-refractivity contribution is -0.145. The highest BCUT2D eigenvalue weighted by molar-refractivity contribution is 7.52. The predicted molar refractivity (Wildman–Crippen MR) is 263 cm³/mol. The number of nitrogens with zero attached hydrogens (tertiary/aromatic N) is 3. The first kappa shape index (κ1) is 56.0. The molecule has 0 bridgehead atoms. The number of nitrogens with one attached hydrogen (secondary N) is 4. The second kappa shape index (κ2) is 25.1. The molecule has 19 nitrogen and oxygen atoms in total. The van der Waals surface area contributed by atoms with Gasteiger partial charge < -0.3 is 46.2 Å². The highest BCUT2D eigenvalue weighted by atomic mass is 31.2. The molecule has 0 aromatic heterocycles. The van der Waals surface area contributed by atoms with Gasteiger partial charge in [-0.05, 0) is 94.3 Å². The van der Waals surface area contributed by atoms with E-state index in [1.165, 1.54) is 34.9 Å². The number of hydrogen-bond donors (Lipinski definition) is 7. The Labute approximate surface area is 423 Å². The predicted octanol–water partition coefficient (Wildman–Crippen LogP) is 3.30. The Bertz CT molecular complexity index is 2580. The van der Waals surface area contributed by atoms with Crippen molar-refractivity contribution >= 4 is 60.4 Å². The molecule has 0 radical (unpaired) electrons. The van der Waals surface area contributed by atoms with Crippen LogP contribution >= 0.6 is 7.60 Å². The number of carbonyl (C=O) groups excluding carboxylic acids is 8. The number of benzene rings is 2. The minimum atomic E-state index is -5.78. The largest absolute Gasteiger partial charge is 0.399 e. The summed E-state index contributed by atoms with van der Waals surface area (Å²) < 4.78 is 39.7. The second-order valence-electron chi connectivity index (χ2n) is 19.2. The molecule has 3 fully saturated rings. The standard InChI is InChI=1S/C51H65F2N8O11P/c1-32(33-16-18-35(19-17-33)51(52,53)73(70,71)72)29-45(64)56-40-31-59(2)28-26-36-20-22-42(61(36)50(40)69)48(67)57-39(21-24-43(54)62)46(65)55-27-11-9-7-5-3-4-6-8-10-13-34-14-12-15-37-38(34)30-60(49(37)68)41-23-25-44(63)58-47(41)66/h12,14-19,29,36,39-42H,3-9,11,20-28,30-31H2,1-2H3,(H2,54,62)(H,55,65)(H,56,64)(H,57,67)(H,58,63,66)(H2,70,71,72)/b32-29+/t36-,39+,40+,41?,42+/m1/s1. The van der Waals surface area contributed by atoms with E-state index < -0.39 is 78.4 Å². The number of imide groups is 1. The first-order valence-electron chi connectivity index (χ1n) is 24.8. The maximum atomic E-state index is 14.2. The second-order valence-corrected chi connectivity index (χ2v) is 20.9. The molecule has 4 heterocycles. The number of carbonyl (C=O) groups is 8. The number of halogens is 2. The van der Waals surface area contributed by atoms with Gasteiger partial charge in [-0.2, -0.15) is 8.78 Å². The monoisotopic (exact) mass is 1030 g/mol. The van der Waals surface area contributed by atoms with Crippen molar-refractivity contribution in [1.29, 1.82) is 0 Å². The molecule has 0 saturated carbocycles. The van der Waals surface area contributed by atoms with Crippen molar-refractivity contribution in [3.8, 4) is 11.8 Å². The molecule has 1 unspecified atom stereocenters. The summed E-state index contributed by atoms with van der Waals surface area (Å²) in [5.74, 6) is 2.52. The van der Waals surface area contributed by atoms with Gasteiger partial charge in [-0.15, -0.1) is 0 Å². The molecular formula is C51H65F2N8O11P. The zero-order valence-corrected chi connectivity index (χ0v) is 42.0. The van der Waals surface area contributed by atoms with Crippen molar-refractivity contribution in [2.24, 2.45) is 5.73 Å². The van der Waals surface area contributed by atoms with Crippen LogP contribution in [0.25, 0.3) is 5.57 Å². The molecule has 2 aromatic rings. The molecule has 8 amide bonds. The van der Waals surface area contributed by atoms with Crippen LogP contribution in [0, 0.1) is 11.8 Å². The van der Waals surface area contributed by atoms with Crippen molar-refractivity contribution in [2.75, 3.05) is 26.7 Å². The van der Waals surface area contributed by atoms with Crippen molar-refractivity contribution < 1.29 is 61.5 Å². The molecule has 3 saturated heterocycles. The van der Waals surface area contributed by atoms with Crippen LogP contribution in [0.4, 0.5) is 8.78 Å². The highest BCUT2D eigenvalue weighted by Crippen LogP contribution is 2.59. The third kappa shape index (κ3) is 14.5. The Morgan fingerprint density at radius 3 is 2.34 bits per heavy atom. The van der Waals surface area contributed by atoms with Gasteiger partial charge >= 0.3 is 13.3 Å². The SMILES string of the molecule is C/C(=C\C(=O)N[C@H]1CN(C)CC[C@H]2CC[C@@H](C(=O)N[C@@H](CCC(N)=O)C(=O)NCCCCCCCCCC#Cc3cccc4c3CN(C3CCC(=O)NC3=O)C4=O)N2C1=O)c1ccc(C(F)(F)P(=O)(O)O)cc1. The molecule has 4 aliphatic heterocycles. The van der Waals surface area contributed by atoms with E-state index in [1.807, 2.05) is 11.0 Å². The van der Waals surface area contributed by atoms with Crippen LogP contribution in [0.1, 0.15) is 136 Å². The van der Waals surface area contributed by atoms with Crippen molar-refractivity contribution in [3.63, 3.8) is 0 Å². The van der Waals surface area contributed by atoms with Gasteiger partial charge in [-0.3, -0.25) is 48.2 Å². The summed E-state index contributed by atoms with van der Waals surface area (Å²) >= 11 is 0.